The van der Waals surface area contributed by atoms with Crippen LogP contribution in [0.15, 0.2) is 33.3 Å². The molecule has 0 bridgehead atoms. The Morgan fingerprint density at radius 1 is 0.975 bits per heavy atom. The maximum atomic E-state index is 13.3. The fourth-order valence-corrected chi connectivity index (χ4v) is 8.00. The molecule has 40 heavy (non-hydrogen) atoms. The van der Waals surface area contributed by atoms with Gasteiger partial charge in [0.05, 0.1) is 12.2 Å². The molecule has 2 saturated heterocycles. The van der Waals surface area contributed by atoms with Crippen LogP contribution in [0, 0.1) is 11.8 Å². The van der Waals surface area contributed by atoms with Crippen molar-refractivity contribution in [3.8, 4) is 0 Å². The number of hydrogen-bond donors (Lipinski definition) is 2. The average Bonchev–Trinajstić information content (AvgIpc) is 3.09. The molecule has 0 radical (unpaired) electrons. The van der Waals surface area contributed by atoms with Gasteiger partial charge in [-0.2, -0.15) is 0 Å². The SMILES string of the molecule is NC(=O)CNC(=O)N1CCC(CC(=O)N2CCC([C@H]3c4ncc(Br)cc4CCc4cc(Cl)cc(Br)c43)CC2)CC1. The number of nitrogens with one attached hydrogen (secondary N) is 1. The monoisotopic (exact) mass is 693 g/mol. The van der Waals surface area contributed by atoms with Gasteiger partial charge in [0, 0.05) is 58.7 Å². The van der Waals surface area contributed by atoms with E-state index in [-0.39, 0.29) is 30.3 Å². The van der Waals surface area contributed by atoms with Crippen molar-refractivity contribution in [2.24, 2.45) is 17.6 Å². The number of amides is 4. The summed E-state index contributed by atoms with van der Waals surface area (Å²) in [7, 11) is 0. The molecule has 3 aliphatic rings. The van der Waals surface area contributed by atoms with E-state index in [9.17, 15) is 14.4 Å². The normalized spacial score (nSPS) is 19.9. The lowest BCUT2D eigenvalue weighted by molar-refractivity contribution is -0.134. The number of rotatable bonds is 5. The highest BCUT2D eigenvalue weighted by atomic mass is 79.9. The maximum absolute atomic E-state index is 13.3. The van der Waals surface area contributed by atoms with Crippen LogP contribution in [0.5, 0.6) is 0 Å². The third-order valence-corrected chi connectivity index (χ3v) is 9.87. The van der Waals surface area contributed by atoms with Gasteiger partial charge in [-0.25, -0.2) is 4.79 Å². The first-order valence-electron chi connectivity index (χ1n) is 13.9. The molecular weight excluding hydrogens is 662 g/mol. The Morgan fingerprint density at radius 3 is 2.35 bits per heavy atom. The van der Waals surface area contributed by atoms with Gasteiger partial charge < -0.3 is 20.9 Å². The summed E-state index contributed by atoms with van der Waals surface area (Å²) in [5.41, 5.74) is 10.1. The number of likely N-dealkylation sites (tertiary alicyclic amines) is 2. The lowest BCUT2D eigenvalue weighted by Gasteiger charge is -2.38. The first kappa shape index (κ1) is 29.3. The maximum Gasteiger partial charge on any atom is 0.317 e. The zero-order chi connectivity index (χ0) is 28.4. The van der Waals surface area contributed by atoms with Crippen molar-refractivity contribution in [3.63, 3.8) is 0 Å². The lowest BCUT2D eigenvalue weighted by Crippen LogP contribution is -2.47. The number of nitrogens with zero attached hydrogens (tertiary/aromatic N) is 3. The summed E-state index contributed by atoms with van der Waals surface area (Å²) in [6.45, 7) is 2.46. The van der Waals surface area contributed by atoms with Gasteiger partial charge in [0.1, 0.15) is 0 Å². The summed E-state index contributed by atoms with van der Waals surface area (Å²) in [5.74, 6) is 0.412. The number of primary amides is 1. The number of aromatic nitrogens is 1. The number of pyridine rings is 1. The molecule has 0 spiro atoms. The quantitative estimate of drug-likeness (QED) is 0.458. The molecule has 11 heteroatoms. The Bertz CT molecular complexity index is 1290. The first-order valence-corrected chi connectivity index (χ1v) is 15.9. The minimum atomic E-state index is -0.563. The smallest absolute Gasteiger partial charge is 0.317 e. The molecule has 4 amide bonds. The molecule has 5 rings (SSSR count). The van der Waals surface area contributed by atoms with Gasteiger partial charge in [0.2, 0.25) is 11.8 Å². The Hall–Kier alpha value is -2.17. The largest absolute Gasteiger partial charge is 0.368 e. The molecule has 3 heterocycles. The van der Waals surface area contributed by atoms with E-state index >= 15 is 0 Å². The number of fused-ring (bicyclic) bond motifs is 2. The fourth-order valence-electron chi connectivity index (χ4n) is 6.50. The summed E-state index contributed by atoms with van der Waals surface area (Å²) in [6, 6.07) is 6.01. The Kier molecular flexibility index (Phi) is 9.37. The van der Waals surface area contributed by atoms with Crippen molar-refractivity contribution in [2.75, 3.05) is 32.7 Å². The molecule has 2 fully saturated rings. The Balaban J connectivity index is 1.22. The van der Waals surface area contributed by atoms with Gasteiger partial charge in [-0.3, -0.25) is 14.6 Å². The van der Waals surface area contributed by atoms with Crippen LogP contribution in [0.4, 0.5) is 4.79 Å². The molecule has 8 nitrogen and oxygen atoms in total. The van der Waals surface area contributed by atoms with Crippen LogP contribution in [0.1, 0.15) is 60.4 Å². The molecule has 1 aliphatic carbocycles. The molecular formula is C29H34Br2ClN5O3. The second-order valence-corrected chi connectivity index (χ2v) is 13.3. The van der Waals surface area contributed by atoms with Gasteiger partial charge in [0.15, 0.2) is 0 Å². The van der Waals surface area contributed by atoms with Crippen molar-refractivity contribution in [1.82, 2.24) is 20.1 Å². The van der Waals surface area contributed by atoms with Gasteiger partial charge in [-0.15, -0.1) is 0 Å². The van der Waals surface area contributed by atoms with E-state index in [1.165, 1.54) is 16.7 Å². The van der Waals surface area contributed by atoms with E-state index in [0.717, 1.165) is 71.3 Å². The summed E-state index contributed by atoms with van der Waals surface area (Å²) in [6.07, 6.45) is 7.63. The number of aryl methyl sites for hydroxylation is 2. The highest BCUT2D eigenvalue weighted by Crippen LogP contribution is 2.46. The summed E-state index contributed by atoms with van der Waals surface area (Å²) in [5, 5.41) is 3.27. The van der Waals surface area contributed by atoms with Gasteiger partial charge in [-0.05, 0) is 101 Å². The molecule has 0 saturated carbocycles. The summed E-state index contributed by atoms with van der Waals surface area (Å²) < 4.78 is 2.02. The molecule has 1 atom stereocenters. The van der Waals surface area contributed by atoms with E-state index in [4.69, 9.17) is 22.3 Å². The lowest BCUT2D eigenvalue weighted by atomic mass is 9.76. The molecule has 2 aliphatic heterocycles. The van der Waals surface area contributed by atoms with Crippen LogP contribution >= 0.6 is 43.5 Å². The minimum Gasteiger partial charge on any atom is -0.368 e. The van der Waals surface area contributed by atoms with Crippen molar-refractivity contribution in [3.05, 3.63) is 60.7 Å². The fraction of sp³-hybridized carbons (Fsp3) is 0.517. The third-order valence-electron chi connectivity index (χ3n) is 8.56. The topological polar surface area (TPSA) is 109 Å². The molecule has 3 N–H and O–H groups in total. The van der Waals surface area contributed by atoms with Crippen LogP contribution in [0.25, 0.3) is 0 Å². The van der Waals surface area contributed by atoms with Crippen molar-refractivity contribution >= 4 is 61.3 Å². The van der Waals surface area contributed by atoms with Crippen molar-refractivity contribution in [2.45, 2.75) is 50.9 Å². The summed E-state index contributed by atoms with van der Waals surface area (Å²) >= 11 is 13.9. The average molecular weight is 696 g/mol. The number of urea groups is 1. The van der Waals surface area contributed by atoms with Crippen LogP contribution in [-0.4, -0.2) is 65.4 Å². The molecule has 0 unspecified atom stereocenters. The van der Waals surface area contributed by atoms with E-state index < -0.39 is 5.91 Å². The second kappa shape index (κ2) is 12.8. The zero-order valence-corrected chi connectivity index (χ0v) is 26.2. The number of carbonyl (C=O) groups excluding carboxylic acids is 3. The number of nitrogens with two attached hydrogens (primary N) is 1. The van der Waals surface area contributed by atoms with Crippen LogP contribution in [-0.2, 0) is 22.4 Å². The highest BCUT2D eigenvalue weighted by Gasteiger charge is 2.37. The van der Waals surface area contributed by atoms with Gasteiger partial charge in [-0.1, -0.05) is 27.5 Å². The summed E-state index contributed by atoms with van der Waals surface area (Å²) in [4.78, 5) is 45.0. The molecule has 1 aromatic carbocycles. The number of hydrogen-bond acceptors (Lipinski definition) is 4. The predicted molar refractivity (Wildman–Crippen MR) is 161 cm³/mol. The molecule has 214 valence electrons. The first-order chi connectivity index (χ1) is 19.2. The van der Waals surface area contributed by atoms with Crippen LogP contribution in [0.3, 0.4) is 0 Å². The van der Waals surface area contributed by atoms with E-state index in [1.807, 2.05) is 17.2 Å². The number of halogens is 3. The standard InChI is InChI=1S/C29H34Br2ClN5O3/c30-21-12-20-2-1-19-13-22(32)14-23(31)26(19)27(28(20)34-15-21)18-5-9-36(10-6-18)25(39)11-17-3-7-37(8-4-17)29(40)35-16-24(33)38/h12-15,17-18,27H,1-11,16H2,(H2,33,38)(H,35,40)/t27-/m1/s1. The second-order valence-electron chi connectivity index (χ2n) is 11.1. The Labute approximate surface area is 256 Å². The third kappa shape index (κ3) is 6.65. The highest BCUT2D eigenvalue weighted by molar-refractivity contribution is 9.10. The van der Waals surface area contributed by atoms with Crippen molar-refractivity contribution < 1.29 is 14.4 Å². The number of benzene rings is 1. The van der Waals surface area contributed by atoms with Gasteiger partial charge >= 0.3 is 6.03 Å². The van der Waals surface area contributed by atoms with Crippen molar-refractivity contribution in [1.29, 1.82) is 0 Å². The molecule has 1 aromatic heterocycles. The predicted octanol–water partition coefficient (Wildman–Crippen LogP) is 5.03. The number of piperidine rings is 2. The van der Waals surface area contributed by atoms with Gasteiger partial charge in [0.25, 0.3) is 0 Å². The van der Waals surface area contributed by atoms with Crippen LogP contribution in [0.2, 0.25) is 5.02 Å². The minimum absolute atomic E-state index is 0.148. The van der Waals surface area contributed by atoms with E-state index in [0.29, 0.717) is 25.4 Å². The number of carbonyl (C=O) groups is 3. The van der Waals surface area contributed by atoms with E-state index in [1.54, 1.807) is 4.90 Å². The zero-order valence-electron chi connectivity index (χ0n) is 22.3. The van der Waals surface area contributed by atoms with E-state index in [2.05, 4.69) is 49.3 Å². The van der Waals surface area contributed by atoms with Crippen LogP contribution < -0.4 is 11.1 Å². The molecule has 2 aromatic rings. The Morgan fingerprint density at radius 2 is 1.65 bits per heavy atom.